The van der Waals surface area contributed by atoms with Gasteiger partial charge in [0.2, 0.25) is 0 Å². The van der Waals surface area contributed by atoms with Crippen molar-refractivity contribution in [1.82, 2.24) is 5.32 Å². The van der Waals surface area contributed by atoms with E-state index in [2.05, 4.69) is 12.2 Å². The Labute approximate surface area is 102 Å². The van der Waals surface area contributed by atoms with Gasteiger partial charge in [0.05, 0.1) is 0 Å². The van der Waals surface area contributed by atoms with Crippen LogP contribution in [0.25, 0.3) is 0 Å². The van der Waals surface area contributed by atoms with Gasteiger partial charge in [-0.3, -0.25) is 0 Å². The second kappa shape index (κ2) is 14.9. The van der Waals surface area contributed by atoms with Crippen molar-refractivity contribution in [3.05, 3.63) is 0 Å². The van der Waals surface area contributed by atoms with Crippen LogP contribution in [0.4, 0.5) is 0 Å². The largest absolute Gasteiger partial charge is 0.330 e. The average molecular weight is 228 g/mol. The number of rotatable bonds is 13. The van der Waals surface area contributed by atoms with Crippen molar-refractivity contribution >= 4 is 0 Å². The maximum absolute atomic E-state index is 5.44. The van der Waals surface area contributed by atoms with Crippen LogP contribution in [0.5, 0.6) is 0 Å². The number of unbranched alkanes of at least 4 members (excludes halogenated alkanes) is 8. The van der Waals surface area contributed by atoms with Crippen molar-refractivity contribution in [1.29, 1.82) is 0 Å². The fourth-order valence-corrected chi connectivity index (χ4v) is 1.90. The fourth-order valence-electron chi connectivity index (χ4n) is 1.90. The van der Waals surface area contributed by atoms with E-state index in [9.17, 15) is 0 Å². The first-order valence-corrected chi connectivity index (χ1v) is 7.32. The topological polar surface area (TPSA) is 38.0 Å². The Balaban J connectivity index is 2.83. The van der Waals surface area contributed by atoms with Crippen molar-refractivity contribution in [2.24, 2.45) is 5.73 Å². The van der Waals surface area contributed by atoms with Crippen molar-refractivity contribution < 1.29 is 0 Å². The molecule has 0 unspecified atom stereocenters. The molecule has 0 aromatic rings. The molecule has 0 saturated heterocycles. The monoisotopic (exact) mass is 228 g/mol. The standard InChI is InChI=1S/C14H32N2/c1-2-3-4-5-6-7-10-13-16-14-11-8-9-12-15/h16H,2-15H2,1H3. The van der Waals surface area contributed by atoms with Gasteiger partial charge in [0, 0.05) is 0 Å². The molecule has 0 amide bonds. The van der Waals surface area contributed by atoms with Gasteiger partial charge in [-0.05, 0) is 38.9 Å². The van der Waals surface area contributed by atoms with Gasteiger partial charge in [-0.1, -0.05) is 51.9 Å². The molecule has 0 atom stereocenters. The summed E-state index contributed by atoms with van der Waals surface area (Å²) >= 11 is 0. The number of hydrogen-bond acceptors (Lipinski definition) is 2. The first-order valence-electron chi connectivity index (χ1n) is 7.32. The zero-order valence-electron chi connectivity index (χ0n) is 11.3. The Hall–Kier alpha value is -0.0800. The Kier molecular flexibility index (Phi) is 14.8. The number of nitrogens with one attached hydrogen (secondary N) is 1. The molecular formula is C14H32N2. The van der Waals surface area contributed by atoms with Gasteiger partial charge in [0.25, 0.3) is 0 Å². The summed E-state index contributed by atoms with van der Waals surface area (Å²) in [6, 6.07) is 0. The van der Waals surface area contributed by atoms with Crippen LogP contribution in [0.1, 0.15) is 71.1 Å². The lowest BCUT2D eigenvalue weighted by Crippen LogP contribution is -2.16. The molecule has 0 aromatic heterocycles. The Morgan fingerprint density at radius 1 is 0.688 bits per heavy atom. The molecule has 0 aliphatic rings. The van der Waals surface area contributed by atoms with Gasteiger partial charge in [-0.15, -0.1) is 0 Å². The van der Waals surface area contributed by atoms with Gasteiger partial charge in [-0.2, -0.15) is 0 Å². The molecule has 0 heterocycles. The minimum Gasteiger partial charge on any atom is -0.330 e. The Bertz CT molecular complexity index is 101. The van der Waals surface area contributed by atoms with Gasteiger partial charge in [0.1, 0.15) is 0 Å². The predicted molar refractivity (Wildman–Crippen MR) is 73.8 cm³/mol. The Morgan fingerprint density at radius 3 is 1.75 bits per heavy atom. The molecular weight excluding hydrogens is 196 g/mol. The van der Waals surface area contributed by atoms with Gasteiger partial charge >= 0.3 is 0 Å². The molecule has 0 fully saturated rings. The summed E-state index contributed by atoms with van der Waals surface area (Å²) in [5.74, 6) is 0. The zero-order chi connectivity index (χ0) is 11.9. The summed E-state index contributed by atoms with van der Waals surface area (Å²) in [7, 11) is 0. The fraction of sp³-hybridized carbons (Fsp3) is 1.00. The summed E-state index contributed by atoms with van der Waals surface area (Å²) in [6.45, 7) is 5.50. The molecule has 0 radical (unpaired) electrons. The summed E-state index contributed by atoms with van der Waals surface area (Å²) in [5.41, 5.74) is 5.44. The minimum absolute atomic E-state index is 0.845. The van der Waals surface area contributed by atoms with E-state index >= 15 is 0 Å². The SMILES string of the molecule is CCCCCCCCCNCCCCCN. The third kappa shape index (κ3) is 13.9. The van der Waals surface area contributed by atoms with Crippen LogP contribution < -0.4 is 11.1 Å². The van der Waals surface area contributed by atoms with Crippen LogP contribution in [0, 0.1) is 0 Å². The van der Waals surface area contributed by atoms with E-state index in [0.29, 0.717) is 0 Å². The highest BCUT2D eigenvalue weighted by Crippen LogP contribution is 2.06. The van der Waals surface area contributed by atoms with Crippen LogP contribution >= 0.6 is 0 Å². The first kappa shape index (κ1) is 15.9. The zero-order valence-corrected chi connectivity index (χ0v) is 11.3. The maximum Gasteiger partial charge on any atom is -0.00489 e. The summed E-state index contributed by atoms with van der Waals surface area (Å²) < 4.78 is 0. The molecule has 0 aliphatic carbocycles. The van der Waals surface area contributed by atoms with Crippen molar-refractivity contribution in [2.45, 2.75) is 71.1 Å². The summed E-state index contributed by atoms with van der Waals surface area (Å²) in [6.07, 6.45) is 13.6. The van der Waals surface area contributed by atoms with Crippen LogP contribution in [-0.4, -0.2) is 19.6 Å². The van der Waals surface area contributed by atoms with E-state index in [1.54, 1.807) is 0 Å². The van der Waals surface area contributed by atoms with Gasteiger partial charge < -0.3 is 11.1 Å². The lowest BCUT2D eigenvalue weighted by atomic mass is 10.1. The molecule has 0 aliphatic heterocycles. The molecule has 0 saturated carbocycles. The molecule has 16 heavy (non-hydrogen) atoms. The van der Waals surface area contributed by atoms with E-state index in [1.165, 1.54) is 77.3 Å². The normalized spacial score (nSPS) is 10.9. The third-order valence-corrected chi connectivity index (χ3v) is 3.01. The number of hydrogen-bond donors (Lipinski definition) is 2. The predicted octanol–water partition coefficient (Wildman–Crippen LogP) is 3.46. The highest BCUT2D eigenvalue weighted by molar-refractivity contribution is 4.51. The smallest absolute Gasteiger partial charge is 0.00489 e. The molecule has 2 nitrogen and oxygen atoms in total. The van der Waals surface area contributed by atoms with Gasteiger partial charge in [0.15, 0.2) is 0 Å². The van der Waals surface area contributed by atoms with E-state index < -0.39 is 0 Å². The molecule has 0 aromatic carbocycles. The van der Waals surface area contributed by atoms with Crippen LogP contribution in [0.3, 0.4) is 0 Å². The maximum atomic E-state index is 5.44. The van der Waals surface area contributed by atoms with Crippen LogP contribution in [0.2, 0.25) is 0 Å². The van der Waals surface area contributed by atoms with Crippen LogP contribution in [0.15, 0.2) is 0 Å². The lowest BCUT2D eigenvalue weighted by Gasteiger charge is -2.04. The molecule has 0 spiro atoms. The third-order valence-electron chi connectivity index (χ3n) is 3.01. The number of nitrogens with two attached hydrogens (primary N) is 1. The Morgan fingerprint density at radius 2 is 1.19 bits per heavy atom. The first-order chi connectivity index (χ1) is 7.91. The molecule has 3 N–H and O–H groups in total. The van der Waals surface area contributed by atoms with E-state index in [4.69, 9.17) is 5.73 Å². The second-order valence-electron chi connectivity index (χ2n) is 4.72. The van der Waals surface area contributed by atoms with E-state index in [1.807, 2.05) is 0 Å². The summed E-state index contributed by atoms with van der Waals surface area (Å²) in [4.78, 5) is 0. The van der Waals surface area contributed by atoms with Gasteiger partial charge in [-0.25, -0.2) is 0 Å². The van der Waals surface area contributed by atoms with E-state index in [-0.39, 0.29) is 0 Å². The van der Waals surface area contributed by atoms with Crippen LogP contribution in [-0.2, 0) is 0 Å². The van der Waals surface area contributed by atoms with E-state index in [0.717, 1.165) is 6.54 Å². The highest BCUT2D eigenvalue weighted by atomic mass is 14.8. The molecule has 98 valence electrons. The second-order valence-corrected chi connectivity index (χ2v) is 4.72. The average Bonchev–Trinajstić information content (AvgIpc) is 2.31. The summed E-state index contributed by atoms with van der Waals surface area (Å²) in [5, 5.41) is 3.51. The van der Waals surface area contributed by atoms with Crippen molar-refractivity contribution in [2.75, 3.05) is 19.6 Å². The van der Waals surface area contributed by atoms with Crippen molar-refractivity contribution in [3.63, 3.8) is 0 Å². The molecule has 2 heteroatoms. The highest BCUT2D eigenvalue weighted by Gasteiger charge is 1.91. The van der Waals surface area contributed by atoms with Crippen molar-refractivity contribution in [3.8, 4) is 0 Å². The molecule has 0 rings (SSSR count). The lowest BCUT2D eigenvalue weighted by molar-refractivity contribution is 0.549. The quantitative estimate of drug-likeness (QED) is 0.474. The molecule has 0 bridgehead atoms. The minimum atomic E-state index is 0.845.